The van der Waals surface area contributed by atoms with Crippen molar-refractivity contribution in [3.8, 4) is 0 Å². The number of thioether (sulfide) groups is 1. The van der Waals surface area contributed by atoms with E-state index < -0.39 is 12.0 Å². The van der Waals surface area contributed by atoms with Gasteiger partial charge in [0.1, 0.15) is 5.00 Å². The Morgan fingerprint density at radius 2 is 1.92 bits per heavy atom. The van der Waals surface area contributed by atoms with E-state index in [9.17, 15) is 19.2 Å². The third kappa shape index (κ3) is 6.63. The van der Waals surface area contributed by atoms with Crippen LogP contribution in [-0.2, 0) is 16.6 Å². The summed E-state index contributed by atoms with van der Waals surface area (Å²) in [5.74, 6) is -0.860. The van der Waals surface area contributed by atoms with Gasteiger partial charge in [0.15, 0.2) is 16.8 Å². The molecule has 2 N–H and O–H groups in total. The van der Waals surface area contributed by atoms with Gasteiger partial charge < -0.3 is 19.9 Å². The van der Waals surface area contributed by atoms with Gasteiger partial charge in [-0.3, -0.25) is 14.4 Å². The predicted octanol–water partition coefficient (Wildman–Crippen LogP) is 4.09. The van der Waals surface area contributed by atoms with Crippen LogP contribution in [0.2, 0.25) is 0 Å². The Labute approximate surface area is 223 Å². The second kappa shape index (κ2) is 12.2. The number of esters is 1. The molecule has 37 heavy (non-hydrogen) atoms. The maximum absolute atomic E-state index is 12.7. The highest BCUT2D eigenvalue weighted by Crippen LogP contribution is 2.34. The molecule has 1 atom stereocenters. The van der Waals surface area contributed by atoms with Gasteiger partial charge in [-0.15, -0.1) is 21.5 Å². The number of benzene rings is 1. The number of Topliss-reactive ketones (excluding diaryl/α,β-unsaturated/α-hetero) is 1. The standard InChI is InChI=1S/C25H29N5O5S2/c1-7-35-24(34)19-14(3)20(16(5)31)37-23(19)27-18(32)12-36-25-29-28-21(30(25)6)15(4)26-22(33)17-10-8-9-13(2)11-17/h8-11,15H,7,12H2,1-6H3,(H,26,33)(H,27,32)/t15-/m1/s1. The maximum atomic E-state index is 12.7. The van der Waals surface area contributed by atoms with Crippen LogP contribution in [0.15, 0.2) is 29.4 Å². The molecule has 0 saturated heterocycles. The fourth-order valence-corrected chi connectivity index (χ4v) is 5.46. The lowest BCUT2D eigenvalue weighted by atomic mass is 10.1. The van der Waals surface area contributed by atoms with Gasteiger partial charge in [-0.25, -0.2) is 4.79 Å². The van der Waals surface area contributed by atoms with Crippen LogP contribution < -0.4 is 10.6 Å². The molecule has 2 amide bonds. The first kappa shape index (κ1) is 28.1. The number of amides is 2. The Morgan fingerprint density at radius 3 is 2.57 bits per heavy atom. The number of ketones is 1. The molecule has 1 aromatic carbocycles. The minimum Gasteiger partial charge on any atom is -0.462 e. The topological polar surface area (TPSA) is 132 Å². The average Bonchev–Trinajstić information content (AvgIpc) is 3.37. The van der Waals surface area contributed by atoms with Crippen molar-refractivity contribution in [3.63, 3.8) is 0 Å². The molecule has 3 rings (SSSR count). The van der Waals surface area contributed by atoms with E-state index in [4.69, 9.17) is 4.74 Å². The highest BCUT2D eigenvalue weighted by atomic mass is 32.2. The maximum Gasteiger partial charge on any atom is 0.341 e. The van der Waals surface area contributed by atoms with Gasteiger partial charge in [0.05, 0.1) is 28.8 Å². The van der Waals surface area contributed by atoms with Gasteiger partial charge in [0, 0.05) is 12.6 Å². The molecule has 0 bridgehead atoms. The van der Waals surface area contributed by atoms with Crippen LogP contribution in [0.5, 0.6) is 0 Å². The number of carbonyl (C=O) groups is 4. The minimum absolute atomic E-state index is 0.00930. The number of thiophene rings is 1. The summed E-state index contributed by atoms with van der Waals surface area (Å²) in [5, 5.41) is 14.7. The molecule has 2 aromatic heterocycles. The molecule has 0 radical (unpaired) electrons. The number of nitrogens with zero attached hydrogens (tertiary/aromatic N) is 3. The molecular formula is C25H29N5O5S2. The largest absolute Gasteiger partial charge is 0.462 e. The normalized spacial score (nSPS) is 11.6. The lowest BCUT2D eigenvalue weighted by Gasteiger charge is -2.14. The molecule has 0 aliphatic heterocycles. The van der Waals surface area contributed by atoms with E-state index in [0.29, 0.717) is 27.0 Å². The molecule has 0 aliphatic rings. The lowest BCUT2D eigenvalue weighted by molar-refractivity contribution is -0.113. The summed E-state index contributed by atoms with van der Waals surface area (Å²) in [6, 6.07) is 6.88. The van der Waals surface area contributed by atoms with Crippen molar-refractivity contribution in [1.82, 2.24) is 20.1 Å². The number of hydrogen-bond acceptors (Lipinski definition) is 9. The summed E-state index contributed by atoms with van der Waals surface area (Å²) in [7, 11) is 1.76. The van der Waals surface area contributed by atoms with Crippen LogP contribution in [0.4, 0.5) is 5.00 Å². The molecule has 2 heterocycles. The number of hydrogen-bond donors (Lipinski definition) is 2. The summed E-state index contributed by atoms with van der Waals surface area (Å²) < 4.78 is 6.82. The molecule has 12 heteroatoms. The van der Waals surface area contributed by atoms with Crippen molar-refractivity contribution in [2.24, 2.45) is 7.05 Å². The van der Waals surface area contributed by atoms with E-state index in [-0.39, 0.29) is 40.5 Å². The SMILES string of the molecule is CCOC(=O)c1c(NC(=O)CSc2nnc([C@@H](C)NC(=O)c3cccc(C)c3)n2C)sc(C(C)=O)c1C. The minimum atomic E-state index is -0.591. The van der Waals surface area contributed by atoms with Crippen LogP contribution in [-0.4, -0.2) is 50.7 Å². The number of carbonyl (C=O) groups excluding carboxylic acids is 4. The smallest absolute Gasteiger partial charge is 0.341 e. The van der Waals surface area contributed by atoms with E-state index in [0.717, 1.165) is 28.7 Å². The zero-order chi connectivity index (χ0) is 27.3. The van der Waals surface area contributed by atoms with E-state index in [1.807, 2.05) is 26.0 Å². The molecule has 0 spiro atoms. The van der Waals surface area contributed by atoms with Crippen LogP contribution in [0, 0.1) is 13.8 Å². The zero-order valence-corrected chi connectivity index (χ0v) is 23.1. The van der Waals surface area contributed by atoms with Gasteiger partial charge in [-0.05, 0) is 52.3 Å². The second-order valence-corrected chi connectivity index (χ2v) is 10.3. The molecule has 0 unspecified atom stereocenters. The number of aromatic nitrogens is 3. The molecule has 0 fully saturated rings. The van der Waals surface area contributed by atoms with Gasteiger partial charge in [0.2, 0.25) is 5.91 Å². The van der Waals surface area contributed by atoms with Gasteiger partial charge in [-0.2, -0.15) is 0 Å². The highest BCUT2D eigenvalue weighted by molar-refractivity contribution is 7.99. The van der Waals surface area contributed by atoms with Gasteiger partial charge >= 0.3 is 5.97 Å². The van der Waals surface area contributed by atoms with Crippen molar-refractivity contribution in [2.45, 2.75) is 45.8 Å². The molecular weight excluding hydrogens is 514 g/mol. The van der Waals surface area contributed by atoms with Crippen LogP contribution in [0.1, 0.15) is 74.2 Å². The molecule has 10 nitrogen and oxygen atoms in total. The van der Waals surface area contributed by atoms with Crippen molar-refractivity contribution in [2.75, 3.05) is 17.7 Å². The Bertz CT molecular complexity index is 1350. The van der Waals surface area contributed by atoms with Crippen LogP contribution in [0.25, 0.3) is 0 Å². The van der Waals surface area contributed by atoms with Crippen molar-refractivity contribution >= 4 is 51.7 Å². The second-order valence-electron chi connectivity index (χ2n) is 8.34. The fourth-order valence-electron chi connectivity index (χ4n) is 3.64. The summed E-state index contributed by atoms with van der Waals surface area (Å²) in [6.45, 7) is 8.65. The van der Waals surface area contributed by atoms with Crippen molar-refractivity contribution in [1.29, 1.82) is 0 Å². The zero-order valence-electron chi connectivity index (χ0n) is 21.5. The third-order valence-corrected chi connectivity index (χ3v) is 7.74. The monoisotopic (exact) mass is 543 g/mol. The average molecular weight is 544 g/mol. The molecule has 196 valence electrons. The first-order valence-corrected chi connectivity index (χ1v) is 13.3. The Hall–Kier alpha value is -3.51. The Morgan fingerprint density at radius 1 is 1.19 bits per heavy atom. The van der Waals surface area contributed by atoms with Crippen molar-refractivity contribution < 1.29 is 23.9 Å². The van der Waals surface area contributed by atoms with Gasteiger partial charge in [0.25, 0.3) is 5.91 Å². The highest BCUT2D eigenvalue weighted by Gasteiger charge is 2.25. The number of aryl methyl sites for hydroxylation is 1. The quantitative estimate of drug-likeness (QED) is 0.222. The van der Waals surface area contributed by atoms with E-state index in [2.05, 4.69) is 20.8 Å². The van der Waals surface area contributed by atoms with Gasteiger partial charge in [-0.1, -0.05) is 29.5 Å². The molecule has 0 saturated carbocycles. The van der Waals surface area contributed by atoms with E-state index in [1.165, 1.54) is 6.92 Å². The number of rotatable bonds is 10. The molecule has 0 aliphatic carbocycles. The first-order chi connectivity index (χ1) is 17.5. The number of nitrogens with one attached hydrogen (secondary N) is 2. The predicted molar refractivity (Wildman–Crippen MR) is 142 cm³/mol. The number of anilines is 1. The summed E-state index contributed by atoms with van der Waals surface area (Å²) >= 11 is 2.21. The van der Waals surface area contributed by atoms with Crippen LogP contribution >= 0.6 is 23.1 Å². The summed E-state index contributed by atoms with van der Waals surface area (Å²) in [4.78, 5) is 50.1. The van der Waals surface area contributed by atoms with E-state index >= 15 is 0 Å². The van der Waals surface area contributed by atoms with E-state index in [1.54, 1.807) is 37.6 Å². The first-order valence-electron chi connectivity index (χ1n) is 11.5. The Balaban J connectivity index is 1.66. The summed E-state index contributed by atoms with van der Waals surface area (Å²) in [5.41, 5.74) is 2.22. The van der Waals surface area contributed by atoms with Crippen molar-refractivity contribution in [3.05, 3.63) is 57.2 Å². The third-order valence-electron chi connectivity index (χ3n) is 5.42. The fraction of sp³-hybridized carbons (Fsp3) is 0.360. The summed E-state index contributed by atoms with van der Waals surface area (Å²) in [6.07, 6.45) is 0. The lowest BCUT2D eigenvalue weighted by Crippen LogP contribution is -2.28. The van der Waals surface area contributed by atoms with Crippen LogP contribution in [0.3, 0.4) is 0 Å². The number of ether oxygens (including phenoxy) is 1. The Kier molecular flexibility index (Phi) is 9.22. The molecule has 3 aromatic rings.